The fourth-order valence-corrected chi connectivity index (χ4v) is 4.09. The van der Waals surface area contributed by atoms with Crippen LogP contribution in [0.3, 0.4) is 0 Å². The maximum Gasteiger partial charge on any atom is 0.121 e. The van der Waals surface area contributed by atoms with Gasteiger partial charge in [-0.25, -0.2) is 0 Å². The average Bonchev–Trinajstić information content (AvgIpc) is 3.00. The van der Waals surface area contributed by atoms with Gasteiger partial charge in [-0.3, -0.25) is 0 Å². The van der Waals surface area contributed by atoms with Crippen LogP contribution in [0.15, 0.2) is 24.3 Å². The van der Waals surface area contributed by atoms with Crippen LogP contribution in [0.1, 0.15) is 32.9 Å². The van der Waals surface area contributed by atoms with Gasteiger partial charge in [-0.2, -0.15) is 0 Å². The predicted octanol–water partition coefficient (Wildman–Crippen LogP) is 3.84. The molecule has 0 atom stereocenters. The Morgan fingerprint density at radius 1 is 1.20 bits per heavy atom. The Labute approximate surface area is 124 Å². The van der Waals surface area contributed by atoms with Crippen LogP contribution in [0.4, 0.5) is 0 Å². The Morgan fingerprint density at radius 3 is 2.85 bits per heavy atom. The van der Waals surface area contributed by atoms with Crippen molar-refractivity contribution in [2.24, 2.45) is 0 Å². The van der Waals surface area contributed by atoms with Crippen LogP contribution in [-0.4, -0.2) is 7.11 Å². The first kappa shape index (κ1) is 13.7. The lowest BCUT2D eigenvalue weighted by Crippen LogP contribution is -2.11. The van der Waals surface area contributed by atoms with E-state index in [0.29, 0.717) is 0 Å². The van der Waals surface area contributed by atoms with Gasteiger partial charge in [-0.1, -0.05) is 12.1 Å². The first-order valence-electron chi connectivity index (χ1n) is 7.21. The molecule has 0 saturated carbocycles. The van der Waals surface area contributed by atoms with Crippen molar-refractivity contribution >= 4 is 11.3 Å². The third-order valence-corrected chi connectivity index (χ3v) is 5.12. The minimum atomic E-state index is 0.910. The Balaban J connectivity index is 1.55. The molecule has 1 aliphatic rings. The number of thiophene rings is 1. The quantitative estimate of drug-likeness (QED) is 0.902. The second-order valence-corrected chi connectivity index (χ2v) is 6.64. The Bertz CT molecular complexity index is 582. The van der Waals surface area contributed by atoms with Crippen LogP contribution in [0.5, 0.6) is 5.75 Å². The fraction of sp³-hybridized carbons (Fsp3) is 0.412. The van der Waals surface area contributed by atoms with E-state index in [1.807, 2.05) is 17.4 Å². The summed E-state index contributed by atoms with van der Waals surface area (Å²) in [4.78, 5) is 3.09. The largest absolute Gasteiger partial charge is 0.496 e. The third-order valence-electron chi connectivity index (χ3n) is 3.89. The van der Waals surface area contributed by atoms with Gasteiger partial charge in [0.25, 0.3) is 0 Å². The Morgan fingerprint density at radius 2 is 2.10 bits per heavy atom. The molecule has 0 radical (unpaired) electrons. The van der Waals surface area contributed by atoms with Crippen LogP contribution < -0.4 is 10.1 Å². The number of methoxy groups -OCH3 is 1. The van der Waals surface area contributed by atoms with E-state index in [2.05, 4.69) is 30.4 Å². The van der Waals surface area contributed by atoms with Gasteiger partial charge in [0.15, 0.2) is 0 Å². The van der Waals surface area contributed by atoms with E-state index in [9.17, 15) is 0 Å². The van der Waals surface area contributed by atoms with Gasteiger partial charge in [-0.15, -0.1) is 11.3 Å². The highest BCUT2D eigenvalue weighted by Gasteiger charge is 2.14. The molecule has 20 heavy (non-hydrogen) atoms. The van der Waals surface area contributed by atoms with Crippen LogP contribution in [0.25, 0.3) is 0 Å². The van der Waals surface area contributed by atoms with Gasteiger partial charge in [0.2, 0.25) is 0 Å². The molecule has 2 aromatic rings. The van der Waals surface area contributed by atoms with Crippen molar-refractivity contribution in [3.05, 3.63) is 50.7 Å². The summed E-state index contributed by atoms with van der Waals surface area (Å²) in [6, 6.07) is 8.76. The molecule has 1 heterocycles. The van der Waals surface area contributed by atoms with Crippen LogP contribution in [0.2, 0.25) is 0 Å². The number of nitrogens with one attached hydrogen (secondary N) is 1. The second kappa shape index (κ2) is 5.98. The molecule has 2 nitrogen and oxygen atoms in total. The lowest BCUT2D eigenvalue weighted by molar-refractivity contribution is 0.411. The molecule has 0 amide bonds. The van der Waals surface area contributed by atoms with Crippen LogP contribution >= 0.6 is 11.3 Å². The monoisotopic (exact) mass is 287 g/mol. The van der Waals surface area contributed by atoms with Crippen molar-refractivity contribution in [3.63, 3.8) is 0 Å². The molecule has 1 aromatic heterocycles. The maximum atomic E-state index is 5.29. The minimum absolute atomic E-state index is 0.910. The summed E-state index contributed by atoms with van der Waals surface area (Å²) in [7, 11) is 1.72. The summed E-state index contributed by atoms with van der Waals surface area (Å²) < 4.78 is 5.29. The molecule has 0 saturated heterocycles. The van der Waals surface area contributed by atoms with E-state index >= 15 is 0 Å². The smallest absolute Gasteiger partial charge is 0.121 e. The normalized spacial score (nSPS) is 13.5. The number of benzene rings is 1. The van der Waals surface area contributed by atoms with Gasteiger partial charge < -0.3 is 10.1 Å². The van der Waals surface area contributed by atoms with Gasteiger partial charge in [0.05, 0.1) is 7.11 Å². The molecular formula is C17H21NOS. The first-order chi connectivity index (χ1) is 9.76. The summed E-state index contributed by atoms with van der Waals surface area (Å²) in [5.74, 6) is 0.962. The average molecular weight is 287 g/mol. The molecule has 1 aromatic carbocycles. The molecule has 0 spiro atoms. The fourth-order valence-electron chi connectivity index (χ4n) is 2.86. The van der Waals surface area contributed by atoms with E-state index in [0.717, 1.165) is 18.8 Å². The topological polar surface area (TPSA) is 21.3 Å². The minimum Gasteiger partial charge on any atom is -0.496 e. The molecular weight excluding hydrogens is 266 g/mol. The number of aryl methyl sites for hydroxylation is 3. The van der Waals surface area contributed by atoms with E-state index in [4.69, 9.17) is 4.74 Å². The third kappa shape index (κ3) is 2.89. The molecule has 1 aliphatic carbocycles. The zero-order valence-electron chi connectivity index (χ0n) is 12.2. The Kier molecular flexibility index (Phi) is 4.08. The van der Waals surface area contributed by atoms with Crippen molar-refractivity contribution in [2.75, 3.05) is 7.11 Å². The molecule has 0 bridgehead atoms. The lowest BCUT2D eigenvalue weighted by Gasteiger charge is -2.08. The van der Waals surface area contributed by atoms with Crippen molar-refractivity contribution < 1.29 is 4.74 Å². The van der Waals surface area contributed by atoms with Crippen molar-refractivity contribution in [1.82, 2.24) is 5.32 Å². The van der Waals surface area contributed by atoms with Crippen molar-refractivity contribution in [1.29, 1.82) is 0 Å². The van der Waals surface area contributed by atoms with Gasteiger partial charge in [0, 0.05) is 22.8 Å². The summed E-state index contributed by atoms with van der Waals surface area (Å²) in [5, 5.41) is 3.54. The standard InChI is InChI=1S/C17H21NOS/c1-12-8-13(6-7-16(12)19-2)10-18-11-15-9-14-4-3-5-17(14)20-15/h6-9,18H,3-5,10-11H2,1-2H3. The molecule has 3 rings (SSSR count). The van der Waals surface area contributed by atoms with E-state index in [-0.39, 0.29) is 0 Å². The molecule has 1 N–H and O–H groups in total. The zero-order chi connectivity index (χ0) is 13.9. The van der Waals surface area contributed by atoms with Gasteiger partial charge in [-0.05, 0) is 55.0 Å². The zero-order valence-corrected chi connectivity index (χ0v) is 13.0. The van der Waals surface area contributed by atoms with Gasteiger partial charge in [0.1, 0.15) is 5.75 Å². The summed E-state index contributed by atoms with van der Waals surface area (Å²) >= 11 is 1.98. The summed E-state index contributed by atoms with van der Waals surface area (Å²) in [6.07, 6.45) is 3.92. The van der Waals surface area contributed by atoms with E-state index in [1.165, 1.54) is 35.3 Å². The first-order valence-corrected chi connectivity index (χ1v) is 8.02. The van der Waals surface area contributed by atoms with Crippen LogP contribution in [-0.2, 0) is 25.9 Å². The lowest BCUT2D eigenvalue weighted by atomic mass is 10.1. The van der Waals surface area contributed by atoms with Crippen molar-refractivity contribution in [2.45, 2.75) is 39.3 Å². The highest BCUT2D eigenvalue weighted by molar-refractivity contribution is 7.12. The van der Waals surface area contributed by atoms with Crippen LogP contribution in [0, 0.1) is 6.92 Å². The number of fused-ring (bicyclic) bond motifs is 1. The molecule has 0 aliphatic heterocycles. The van der Waals surface area contributed by atoms with Gasteiger partial charge >= 0.3 is 0 Å². The molecule has 3 heteroatoms. The number of hydrogen-bond acceptors (Lipinski definition) is 3. The summed E-state index contributed by atoms with van der Waals surface area (Å²) in [5.41, 5.74) is 4.10. The maximum absolute atomic E-state index is 5.29. The SMILES string of the molecule is COc1ccc(CNCc2cc3c(s2)CCC3)cc1C. The molecule has 0 unspecified atom stereocenters. The van der Waals surface area contributed by atoms with Crippen molar-refractivity contribution in [3.8, 4) is 5.75 Å². The number of ether oxygens (including phenoxy) is 1. The Hall–Kier alpha value is -1.32. The molecule has 106 valence electrons. The second-order valence-electron chi connectivity index (χ2n) is 5.42. The number of hydrogen-bond donors (Lipinski definition) is 1. The van der Waals surface area contributed by atoms with E-state index in [1.54, 1.807) is 17.6 Å². The highest BCUT2D eigenvalue weighted by atomic mass is 32.1. The summed E-state index contributed by atoms with van der Waals surface area (Å²) in [6.45, 7) is 3.97. The highest BCUT2D eigenvalue weighted by Crippen LogP contribution is 2.30. The molecule has 0 fully saturated rings. The predicted molar refractivity (Wildman–Crippen MR) is 84.6 cm³/mol. The van der Waals surface area contributed by atoms with E-state index < -0.39 is 0 Å². The number of rotatable bonds is 5.